The molecule has 0 saturated carbocycles. The lowest BCUT2D eigenvalue weighted by Gasteiger charge is -2.05. The molecule has 0 aromatic carbocycles. The number of hydrogen-bond donors (Lipinski definition) is 2. The lowest BCUT2D eigenvalue weighted by atomic mass is 10.2. The molecular weight excluding hydrogens is 144 g/mol. The third-order valence-corrected chi connectivity index (χ3v) is 1.69. The number of nitrogens with one attached hydrogen (secondary N) is 1. The van der Waals surface area contributed by atoms with Crippen LogP contribution in [-0.2, 0) is 7.05 Å². The lowest BCUT2D eigenvalue weighted by Crippen LogP contribution is -2.19. The van der Waals surface area contributed by atoms with E-state index in [1.807, 2.05) is 6.92 Å². The smallest absolute Gasteiger partial charge is 0.321 e. The first-order chi connectivity index (χ1) is 5.16. The Labute approximate surface area is 64.2 Å². The van der Waals surface area contributed by atoms with E-state index in [1.165, 1.54) is 4.57 Å². The molecule has 0 fully saturated rings. The summed E-state index contributed by atoms with van der Waals surface area (Å²) in [5.74, 6) is 0.609. The van der Waals surface area contributed by atoms with Crippen LogP contribution < -0.4 is 11.4 Å². The van der Waals surface area contributed by atoms with E-state index in [-0.39, 0.29) is 11.7 Å². The van der Waals surface area contributed by atoms with Gasteiger partial charge in [-0.1, -0.05) is 6.92 Å². The Morgan fingerprint density at radius 3 is 2.82 bits per heavy atom. The van der Waals surface area contributed by atoms with Gasteiger partial charge >= 0.3 is 5.69 Å². The van der Waals surface area contributed by atoms with Crippen LogP contribution in [0.25, 0.3) is 0 Å². The second-order valence-corrected chi connectivity index (χ2v) is 2.46. The fraction of sp³-hybridized carbons (Fsp3) is 0.667. The van der Waals surface area contributed by atoms with Crippen LogP contribution in [0.3, 0.4) is 0 Å². The van der Waals surface area contributed by atoms with Gasteiger partial charge in [-0.15, -0.1) is 0 Å². The Hall–Kier alpha value is -1.10. The molecule has 5 heteroatoms. The summed E-state index contributed by atoms with van der Waals surface area (Å²) in [5.41, 5.74) is 5.45. The van der Waals surface area contributed by atoms with Gasteiger partial charge in [0.05, 0.1) is 6.04 Å². The normalized spacial score (nSPS) is 13.4. The Bertz CT molecular complexity index is 287. The molecule has 0 spiro atoms. The van der Waals surface area contributed by atoms with E-state index in [0.717, 1.165) is 6.42 Å². The molecule has 1 unspecified atom stereocenters. The first-order valence-electron chi connectivity index (χ1n) is 3.53. The van der Waals surface area contributed by atoms with Gasteiger partial charge in [0.2, 0.25) is 0 Å². The van der Waals surface area contributed by atoms with Crippen molar-refractivity contribution in [1.82, 2.24) is 14.8 Å². The van der Waals surface area contributed by atoms with Gasteiger partial charge in [-0.2, -0.15) is 5.10 Å². The van der Waals surface area contributed by atoms with E-state index in [4.69, 9.17) is 5.73 Å². The van der Waals surface area contributed by atoms with Gasteiger partial charge < -0.3 is 5.73 Å². The molecule has 0 radical (unpaired) electrons. The van der Waals surface area contributed by atoms with Crippen molar-refractivity contribution >= 4 is 0 Å². The summed E-state index contributed by atoms with van der Waals surface area (Å²) in [7, 11) is 1.65. The molecule has 5 nitrogen and oxygen atoms in total. The van der Waals surface area contributed by atoms with Gasteiger partial charge in [0.25, 0.3) is 0 Å². The van der Waals surface area contributed by atoms with Crippen LogP contribution in [0.15, 0.2) is 4.79 Å². The number of nitrogens with two attached hydrogens (primary N) is 1. The molecule has 11 heavy (non-hydrogen) atoms. The predicted molar refractivity (Wildman–Crippen MR) is 41.0 cm³/mol. The van der Waals surface area contributed by atoms with Gasteiger partial charge in [-0.25, -0.2) is 9.89 Å². The molecule has 0 aliphatic heterocycles. The molecule has 62 valence electrons. The Kier molecular flexibility index (Phi) is 2.09. The predicted octanol–water partition coefficient (Wildman–Crippen LogP) is -0.482. The summed E-state index contributed by atoms with van der Waals surface area (Å²) in [5, 5.41) is 6.12. The average Bonchev–Trinajstić information content (AvgIpc) is 2.32. The van der Waals surface area contributed by atoms with Crippen molar-refractivity contribution in [1.29, 1.82) is 0 Å². The summed E-state index contributed by atoms with van der Waals surface area (Å²) in [6.07, 6.45) is 0.776. The van der Waals surface area contributed by atoms with E-state index < -0.39 is 0 Å². The highest BCUT2D eigenvalue weighted by molar-refractivity contribution is 4.91. The first-order valence-corrected chi connectivity index (χ1v) is 3.53. The van der Waals surface area contributed by atoms with Gasteiger partial charge in [0.15, 0.2) is 0 Å². The summed E-state index contributed by atoms with van der Waals surface area (Å²) in [6.45, 7) is 1.95. The molecule has 0 bridgehead atoms. The standard InChI is InChI=1S/C6H12N4O/c1-3-4(7)5-8-9-6(11)10(5)2/h4H,3,7H2,1-2H3,(H,9,11). The highest BCUT2D eigenvalue weighted by Gasteiger charge is 2.10. The van der Waals surface area contributed by atoms with Crippen molar-refractivity contribution in [2.75, 3.05) is 0 Å². The fourth-order valence-electron chi connectivity index (χ4n) is 0.873. The highest BCUT2D eigenvalue weighted by atomic mass is 16.1. The summed E-state index contributed by atoms with van der Waals surface area (Å²) < 4.78 is 1.42. The van der Waals surface area contributed by atoms with Crippen molar-refractivity contribution in [2.24, 2.45) is 12.8 Å². The van der Waals surface area contributed by atoms with E-state index in [9.17, 15) is 4.79 Å². The monoisotopic (exact) mass is 156 g/mol. The topological polar surface area (TPSA) is 76.7 Å². The Morgan fingerprint density at radius 1 is 1.82 bits per heavy atom. The number of H-pyrrole nitrogens is 1. The number of aromatic amines is 1. The van der Waals surface area contributed by atoms with Crippen molar-refractivity contribution < 1.29 is 0 Å². The van der Waals surface area contributed by atoms with Crippen molar-refractivity contribution in [3.8, 4) is 0 Å². The van der Waals surface area contributed by atoms with Crippen LogP contribution in [0, 0.1) is 0 Å². The molecular formula is C6H12N4O. The Morgan fingerprint density at radius 2 is 2.45 bits per heavy atom. The molecule has 1 aromatic rings. The van der Waals surface area contributed by atoms with E-state index in [1.54, 1.807) is 7.05 Å². The minimum absolute atomic E-state index is 0.154. The van der Waals surface area contributed by atoms with Crippen LogP contribution in [0.4, 0.5) is 0 Å². The first kappa shape index (κ1) is 8.00. The zero-order chi connectivity index (χ0) is 8.43. The van der Waals surface area contributed by atoms with Crippen LogP contribution in [0.1, 0.15) is 25.2 Å². The maximum Gasteiger partial charge on any atom is 0.343 e. The zero-order valence-corrected chi connectivity index (χ0v) is 6.66. The van der Waals surface area contributed by atoms with Crippen LogP contribution in [-0.4, -0.2) is 14.8 Å². The molecule has 1 atom stereocenters. The van der Waals surface area contributed by atoms with Gasteiger partial charge in [-0.3, -0.25) is 4.57 Å². The summed E-state index contributed by atoms with van der Waals surface area (Å²) in [6, 6.07) is -0.154. The van der Waals surface area contributed by atoms with Crippen LogP contribution >= 0.6 is 0 Å². The number of nitrogens with zero attached hydrogens (tertiary/aromatic N) is 2. The molecule has 0 saturated heterocycles. The van der Waals surface area contributed by atoms with E-state index >= 15 is 0 Å². The number of hydrogen-bond acceptors (Lipinski definition) is 3. The molecule has 1 aromatic heterocycles. The molecule has 3 N–H and O–H groups in total. The minimum atomic E-state index is -0.219. The molecule has 0 aliphatic carbocycles. The van der Waals surface area contributed by atoms with Crippen molar-refractivity contribution in [3.05, 3.63) is 16.3 Å². The summed E-state index contributed by atoms with van der Waals surface area (Å²) in [4.78, 5) is 10.8. The number of aromatic nitrogens is 3. The molecule has 0 aliphatic rings. The zero-order valence-electron chi connectivity index (χ0n) is 6.66. The van der Waals surface area contributed by atoms with Crippen LogP contribution in [0.2, 0.25) is 0 Å². The lowest BCUT2D eigenvalue weighted by molar-refractivity contribution is 0.611. The maximum absolute atomic E-state index is 10.8. The van der Waals surface area contributed by atoms with Crippen LogP contribution in [0.5, 0.6) is 0 Å². The second-order valence-electron chi connectivity index (χ2n) is 2.46. The largest absolute Gasteiger partial charge is 0.343 e. The number of rotatable bonds is 2. The highest BCUT2D eigenvalue weighted by Crippen LogP contribution is 2.05. The molecule has 1 rings (SSSR count). The van der Waals surface area contributed by atoms with E-state index in [0.29, 0.717) is 5.82 Å². The van der Waals surface area contributed by atoms with Gasteiger partial charge in [0.1, 0.15) is 5.82 Å². The second kappa shape index (κ2) is 2.87. The fourth-order valence-corrected chi connectivity index (χ4v) is 0.873. The quantitative estimate of drug-likeness (QED) is 0.607. The van der Waals surface area contributed by atoms with Crippen molar-refractivity contribution in [2.45, 2.75) is 19.4 Å². The Balaban J connectivity index is 3.04. The van der Waals surface area contributed by atoms with Gasteiger partial charge in [-0.05, 0) is 6.42 Å². The summed E-state index contributed by atoms with van der Waals surface area (Å²) >= 11 is 0. The third-order valence-electron chi connectivity index (χ3n) is 1.69. The molecule has 0 amide bonds. The van der Waals surface area contributed by atoms with E-state index in [2.05, 4.69) is 10.2 Å². The average molecular weight is 156 g/mol. The third kappa shape index (κ3) is 1.32. The minimum Gasteiger partial charge on any atom is -0.321 e. The van der Waals surface area contributed by atoms with Crippen molar-refractivity contribution in [3.63, 3.8) is 0 Å². The molecule has 1 heterocycles. The SMILES string of the molecule is CCC(N)c1n[nH]c(=O)n1C. The maximum atomic E-state index is 10.8. The van der Waals surface area contributed by atoms with Gasteiger partial charge in [0, 0.05) is 7.05 Å².